The minimum atomic E-state index is -1.29. The zero-order valence-electron chi connectivity index (χ0n) is 23.1. The Kier molecular flexibility index (Phi) is 10.2. The van der Waals surface area contributed by atoms with Crippen molar-refractivity contribution in [2.75, 3.05) is 19.6 Å². The Morgan fingerprint density at radius 2 is 1.66 bits per heavy atom. The predicted molar refractivity (Wildman–Crippen MR) is 156 cm³/mol. The van der Waals surface area contributed by atoms with Crippen LogP contribution in [0.5, 0.6) is 0 Å². The van der Waals surface area contributed by atoms with E-state index in [0.29, 0.717) is 22.9 Å². The summed E-state index contributed by atoms with van der Waals surface area (Å²) in [7, 11) is 0. The Labute approximate surface area is 246 Å². The van der Waals surface area contributed by atoms with E-state index in [1.807, 2.05) is 44.2 Å². The van der Waals surface area contributed by atoms with Crippen LogP contribution in [0.1, 0.15) is 75.8 Å². The molecule has 3 atom stereocenters. The molecule has 0 unspecified atom stereocenters. The van der Waals surface area contributed by atoms with Crippen molar-refractivity contribution >= 4 is 46.3 Å². The fraction of sp³-hybridized carbons (Fsp3) is 0.429. The van der Waals surface area contributed by atoms with Crippen molar-refractivity contribution in [1.82, 2.24) is 30.8 Å². The fourth-order valence-electron chi connectivity index (χ4n) is 4.37. The van der Waals surface area contributed by atoms with E-state index in [4.69, 9.17) is 0 Å². The highest BCUT2D eigenvalue weighted by molar-refractivity contribution is 7.10. The van der Waals surface area contributed by atoms with E-state index in [1.165, 1.54) is 34.5 Å². The van der Waals surface area contributed by atoms with Crippen LogP contribution in [0.3, 0.4) is 0 Å². The molecule has 0 fully saturated rings. The van der Waals surface area contributed by atoms with Gasteiger partial charge in [0, 0.05) is 23.8 Å². The number of hydrogen-bond donors (Lipinski definition) is 4. The Morgan fingerprint density at radius 3 is 2.34 bits per heavy atom. The van der Waals surface area contributed by atoms with Gasteiger partial charge in [0.1, 0.15) is 27.5 Å². The van der Waals surface area contributed by atoms with E-state index in [0.717, 1.165) is 5.56 Å². The number of aliphatic hydroxyl groups excluding tert-OH is 1. The van der Waals surface area contributed by atoms with Crippen molar-refractivity contribution in [1.29, 1.82) is 0 Å². The number of hydrogen-bond acceptors (Lipinski definition) is 9. The lowest BCUT2D eigenvalue weighted by Crippen LogP contribution is -2.46. The molecule has 13 heteroatoms. The average Bonchev–Trinajstić information content (AvgIpc) is 3.63. The lowest BCUT2D eigenvalue weighted by Gasteiger charge is -2.25. The molecular weight excluding hydrogens is 564 g/mol. The van der Waals surface area contributed by atoms with Crippen molar-refractivity contribution in [2.45, 2.75) is 51.8 Å². The normalized spacial score (nSPS) is 19.8. The molecule has 0 spiro atoms. The third-order valence-electron chi connectivity index (χ3n) is 6.54. The number of amides is 4. The summed E-state index contributed by atoms with van der Waals surface area (Å²) in [6.07, 6.45) is -0.502. The van der Waals surface area contributed by atoms with Crippen LogP contribution in [0.15, 0.2) is 41.1 Å². The monoisotopic (exact) mass is 598 g/mol. The number of thiazole rings is 2. The van der Waals surface area contributed by atoms with Gasteiger partial charge in [-0.2, -0.15) is 0 Å². The van der Waals surface area contributed by atoms with E-state index >= 15 is 0 Å². The molecule has 1 aliphatic heterocycles. The van der Waals surface area contributed by atoms with Crippen LogP contribution < -0.4 is 16.0 Å². The second-order valence-electron chi connectivity index (χ2n) is 10.2. The number of fused-ring (bicyclic) bond motifs is 4. The number of carbonyl (C=O) groups excluding carboxylic acids is 4. The molecule has 2 aromatic heterocycles. The zero-order chi connectivity index (χ0) is 29.5. The van der Waals surface area contributed by atoms with Crippen LogP contribution in [0.25, 0.3) is 0 Å². The van der Waals surface area contributed by atoms with Crippen LogP contribution in [0.2, 0.25) is 0 Å². The molecule has 4 N–H and O–H groups in total. The van der Waals surface area contributed by atoms with Gasteiger partial charge in [-0.15, -0.1) is 22.7 Å². The molecule has 0 aliphatic carbocycles. The van der Waals surface area contributed by atoms with Crippen LogP contribution in [0.4, 0.5) is 0 Å². The van der Waals surface area contributed by atoms with Gasteiger partial charge in [0.15, 0.2) is 0 Å². The van der Waals surface area contributed by atoms with Gasteiger partial charge >= 0.3 is 0 Å². The van der Waals surface area contributed by atoms with Crippen LogP contribution in [-0.4, -0.2) is 69.3 Å². The molecule has 4 bridgehead atoms. The summed E-state index contributed by atoms with van der Waals surface area (Å²) in [5, 5.41) is 23.1. The molecule has 41 heavy (non-hydrogen) atoms. The van der Waals surface area contributed by atoms with Gasteiger partial charge in [-0.3, -0.25) is 19.2 Å². The van der Waals surface area contributed by atoms with E-state index < -0.39 is 30.0 Å². The van der Waals surface area contributed by atoms with Gasteiger partial charge in [0.05, 0.1) is 18.6 Å². The Hall–Kier alpha value is -3.68. The highest BCUT2D eigenvalue weighted by atomic mass is 32.1. The summed E-state index contributed by atoms with van der Waals surface area (Å²) in [6.45, 7) is 5.37. The van der Waals surface area contributed by atoms with E-state index in [2.05, 4.69) is 25.9 Å². The highest BCUT2D eigenvalue weighted by Crippen LogP contribution is 2.27. The third kappa shape index (κ3) is 7.96. The largest absolute Gasteiger partial charge is 0.384 e. The molecule has 3 heterocycles. The Bertz CT molecular complexity index is 1370. The molecule has 0 saturated heterocycles. The molecule has 0 radical (unpaired) electrons. The van der Waals surface area contributed by atoms with Gasteiger partial charge in [0.25, 0.3) is 17.7 Å². The summed E-state index contributed by atoms with van der Waals surface area (Å²) in [6, 6.07) is 8.60. The first-order valence-electron chi connectivity index (χ1n) is 13.4. The first-order valence-corrected chi connectivity index (χ1v) is 15.2. The fourth-order valence-corrected chi connectivity index (χ4v) is 6.24. The molecular formula is C28H34N6O5S2. The van der Waals surface area contributed by atoms with E-state index in [9.17, 15) is 24.3 Å². The molecule has 3 aromatic rings. The lowest BCUT2D eigenvalue weighted by atomic mass is 10.0. The van der Waals surface area contributed by atoms with Crippen molar-refractivity contribution in [2.24, 2.45) is 5.92 Å². The average molecular weight is 599 g/mol. The Balaban J connectivity index is 1.67. The van der Waals surface area contributed by atoms with Crippen molar-refractivity contribution in [3.05, 3.63) is 68.1 Å². The van der Waals surface area contributed by atoms with Gasteiger partial charge in [-0.25, -0.2) is 9.97 Å². The van der Waals surface area contributed by atoms with Crippen molar-refractivity contribution < 1.29 is 24.3 Å². The van der Waals surface area contributed by atoms with E-state index in [-0.39, 0.29) is 48.8 Å². The summed E-state index contributed by atoms with van der Waals surface area (Å²) >= 11 is 2.56. The van der Waals surface area contributed by atoms with Gasteiger partial charge in [-0.05, 0) is 31.2 Å². The van der Waals surface area contributed by atoms with Gasteiger partial charge < -0.3 is 26.0 Å². The number of nitrogens with one attached hydrogen (secondary N) is 3. The number of nitrogens with zero attached hydrogens (tertiary/aromatic N) is 3. The SMILES string of the molecule is CC(C)[C@@H]1NC(=O)c2csc(n2)[C@H](Cc2ccccc2)NC(=O)CN(C(=O)[C@H](C)O)CCCNC(=O)c2csc1n2. The molecule has 218 valence electrons. The van der Waals surface area contributed by atoms with Gasteiger partial charge in [-0.1, -0.05) is 44.2 Å². The van der Waals surface area contributed by atoms with Crippen LogP contribution in [0, 0.1) is 5.92 Å². The first kappa shape index (κ1) is 30.3. The smallest absolute Gasteiger partial charge is 0.271 e. The summed E-state index contributed by atoms with van der Waals surface area (Å²) < 4.78 is 0. The predicted octanol–water partition coefficient (Wildman–Crippen LogP) is 2.47. The van der Waals surface area contributed by atoms with Crippen LogP contribution in [-0.2, 0) is 16.0 Å². The number of benzene rings is 1. The molecule has 0 saturated carbocycles. The third-order valence-corrected chi connectivity index (χ3v) is 8.42. The lowest BCUT2D eigenvalue weighted by molar-refractivity contribution is -0.142. The summed E-state index contributed by atoms with van der Waals surface area (Å²) in [5.74, 6) is -1.79. The van der Waals surface area contributed by atoms with Crippen molar-refractivity contribution in [3.63, 3.8) is 0 Å². The van der Waals surface area contributed by atoms with E-state index in [1.54, 1.807) is 10.8 Å². The molecule has 1 aromatic carbocycles. The second kappa shape index (κ2) is 13.8. The maximum atomic E-state index is 13.3. The molecule has 11 nitrogen and oxygen atoms in total. The standard InChI is InChI=1S/C28H34N6O5S2/c1-16(2)23-27-32-20(14-41-27)24(37)29-10-7-11-34(28(39)17(3)35)13-22(36)30-19(12-18-8-5-4-6-9-18)26-31-21(15-40-26)25(38)33-23/h4-6,8-9,14-17,19,23,35H,7,10-13H2,1-3H3,(H,29,37)(H,30,36)(H,33,38)/t17-,19-,23-/m0/s1. The number of rotatable bonds is 4. The second-order valence-corrected chi connectivity index (χ2v) is 12.0. The molecule has 4 amide bonds. The molecule has 1 aliphatic rings. The zero-order valence-corrected chi connectivity index (χ0v) is 24.8. The topological polar surface area (TPSA) is 154 Å². The van der Waals surface area contributed by atoms with Crippen molar-refractivity contribution in [3.8, 4) is 0 Å². The summed E-state index contributed by atoms with van der Waals surface area (Å²) in [5.41, 5.74) is 1.41. The highest BCUT2D eigenvalue weighted by Gasteiger charge is 2.28. The summed E-state index contributed by atoms with van der Waals surface area (Å²) in [4.78, 5) is 62.2. The maximum absolute atomic E-state index is 13.3. The van der Waals surface area contributed by atoms with Gasteiger partial charge in [0.2, 0.25) is 5.91 Å². The van der Waals surface area contributed by atoms with Crippen LogP contribution >= 0.6 is 22.7 Å². The minimum Gasteiger partial charge on any atom is -0.384 e. The maximum Gasteiger partial charge on any atom is 0.271 e. The number of carbonyl (C=O) groups is 4. The molecule has 4 rings (SSSR count). The number of aliphatic hydroxyl groups is 1. The first-order chi connectivity index (χ1) is 19.6. The quantitative estimate of drug-likeness (QED) is 0.360. The number of aromatic nitrogens is 2. The Morgan fingerprint density at radius 1 is 1.00 bits per heavy atom. The minimum absolute atomic E-state index is 0.00391.